The van der Waals surface area contributed by atoms with Crippen molar-refractivity contribution in [3.63, 3.8) is 0 Å². The summed E-state index contributed by atoms with van der Waals surface area (Å²) in [5.74, 6) is -0.757. The molecule has 0 bridgehead atoms. The topological polar surface area (TPSA) is 83.6 Å². The Hall–Kier alpha value is -0.610. The Bertz CT molecular complexity index is 235. The minimum atomic E-state index is -0.757. The van der Waals surface area contributed by atoms with E-state index in [-0.39, 0.29) is 18.6 Å². The summed E-state index contributed by atoms with van der Waals surface area (Å²) in [6, 6.07) is 0. The lowest BCUT2D eigenvalue weighted by molar-refractivity contribution is -0.137. The summed E-state index contributed by atoms with van der Waals surface area (Å²) in [6.45, 7) is 6.92. The van der Waals surface area contributed by atoms with Gasteiger partial charge in [0.05, 0.1) is 0 Å². The molecular weight excluding hydrogens is 290 g/mol. The van der Waals surface area contributed by atoms with Gasteiger partial charge in [0.25, 0.3) is 0 Å². The minimum Gasteiger partial charge on any atom is -0.481 e. The highest BCUT2D eigenvalue weighted by Crippen LogP contribution is 2.24. The second kappa shape index (κ2) is 17.7. The average Bonchev–Trinajstić information content (AvgIpc) is 2.54. The van der Waals surface area contributed by atoms with Gasteiger partial charge in [0.15, 0.2) is 0 Å². The van der Waals surface area contributed by atoms with Crippen LogP contribution in [0.5, 0.6) is 0 Å². The van der Waals surface area contributed by atoms with Crippen LogP contribution in [-0.4, -0.2) is 28.3 Å². The van der Waals surface area contributed by atoms with Gasteiger partial charge in [-0.3, -0.25) is 4.79 Å². The third-order valence-corrected chi connectivity index (χ3v) is 4.13. The van der Waals surface area contributed by atoms with Crippen LogP contribution in [0.4, 0.5) is 0 Å². The van der Waals surface area contributed by atoms with Crippen LogP contribution in [0.15, 0.2) is 0 Å². The molecule has 0 heterocycles. The van der Waals surface area contributed by atoms with Crippen molar-refractivity contribution in [1.82, 2.24) is 0 Å². The second-order valence-electron chi connectivity index (χ2n) is 6.60. The molecule has 0 rings (SSSR count). The van der Waals surface area contributed by atoms with Gasteiger partial charge in [-0.05, 0) is 32.1 Å². The number of carboxylic acids is 1. The predicted molar refractivity (Wildman–Crippen MR) is 98.7 cm³/mol. The number of hydrogen-bond donors (Lipinski definition) is 3. The molecule has 0 radical (unpaired) electrons. The maximum Gasteiger partial charge on any atom is 0.303 e. The fraction of sp³-hybridized carbons (Fsp3) is 0.947. The number of aliphatic carboxylic acids is 1. The van der Waals surface area contributed by atoms with Crippen molar-refractivity contribution >= 4 is 5.97 Å². The molecule has 0 fully saturated rings. The first-order valence-electron chi connectivity index (χ1n) is 9.57. The molecule has 0 aliphatic rings. The van der Waals surface area contributed by atoms with Gasteiger partial charge >= 0.3 is 5.97 Å². The average molecular weight is 332 g/mol. The van der Waals surface area contributed by atoms with Crippen LogP contribution in [0.1, 0.15) is 104 Å². The number of unbranched alkanes of at least 4 members (excludes halogenated alkanes) is 5. The Kier molecular flexibility index (Phi) is 19.0. The number of carboxylic acid groups (broad SMARTS) is 1. The fourth-order valence-corrected chi connectivity index (χ4v) is 2.53. The molecule has 4 nitrogen and oxygen atoms in total. The quantitative estimate of drug-likeness (QED) is 0.396. The highest BCUT2D eigenvalue weighted by atomic mass is 16.4. The van der Waals surface area contributed by atoms with Gasteiger partial charge in [-0.15, -0.1) is 0 Å². The third-order valence-electron chi connectivity index (χ3n) is 4.13. The Morgan fingerprint density at radius 1 is 0.826 bits per heavy atom. The van der Waals surface area contributed by atoms with Gasteiger partial charge < -0.3 is 15.9 Å². The monoisotopic (exact) mass is 331 g/mol. The molecule has 0 aliphatic heterocycles. The van der Waals surface area contributed by atoms with E-state index in [0.29, 0.717) is 12.8 Å². The number of carbonyl (C=O) groups is 1. The van der Waals surface area contributed by atoms with E-state index in [4.69, 9.17) is 15.9 Å². The van der Waals surface area contributed by atoms with Crippen molar-refractivity contribution in [3.8, 4) is 0 Å². The zero-order valence-electron chi connectivity index (χ0n) is 15.8. The molecule has 0 amide bonds. The highest BCUT2D eigenvalue weighted by Gasteiger charge is 2.22. The number of hydrogen-bond acceptors (Lipinski definition) is 3. The summed E-state index contributed by atoms with van der Waals surface area (Å²) < 4.78 is 0. The molecule has 0 saturated heterocycles. The lowest BCUT2D eigenvalue weighted by atomic mass is 9.84. The van der Waals surface area contributed by atoms with Crippen molar-refractivity contribution in [2.24, 2.45) is 5.73 Å². The largest absolute Gasteiger partial charge is 0.481 e. The molecule has 0 atom stereocenters. The van der Waals surface area contributed by atoms with Crippen molar-refractivity contribution in [2.45, 2.75) is 110 Å². The number of aliphatic hydroxyl groups is 1. The number of nitrogens with two attached hydrogens (primary N) is 1. The van der Waals surface area contributed by atoms with Crippen molar-refractivity contribution < 1.29 is 15.0 Å². The predicted octanol–water partition coefficient (Wildman–Crippen LogP) is 4.88. The second-order valence-corrected chi connectivity index (χ2v) is 6.60. The summed E-state index contributed by atoms with van der Waals surface area (Å²) in [5, 5.41) is 16.4. The summed E-state index contributed by atoms with van der Waals surface area (Å²) in [7, 11) is 0. The van der Waals surface area contributed by atoms with Gasteiger partial charge in [-0.25, -0.2) is 0 Å². The van der Waals surface area contributed by atoms with E-state index in [2.05, 4.69) is 20.8 Å². The van der Waals surface area contributed by atoms with Crippen LogP contribution in [0, 0.1) is 0 Å². The molecular formula is C19H41NO3. The zero-order valence-corrected chi connectivity index (χ0v) is 15.8. The molecule has 0 spiro atoms. The normalized spacial score (nSPS) is 11.0. The maximum atomic E-state index is 9.90. The van der Waals surface area contributed by atoms with Crippen LogP contribution < -0.4 is 5.73 Å². The molecule has 0 aliphatic carbocycles. The Labute approximate surface area is 143 Å². The number of rotatable bonds is 14. The van der Waals surface area contributed by atoms with Gasteiger partial charge in [0, 0.05) is 18.6 Å². The molecule has 140 valence electrons. The molecule has 4 N–H and O–H groups in total. The lowest BCUT2D eigenvalue weighted by Gasteiger charge is -2.29. The Balaban J connectivity index is 0. The van der Waals surface area contributed by atoms with Crippen molar-refractivity contribution in [1.29, 1.82) is 0 Å². The van der Waals surface area contributed by atoms with Crippen molar-refractivity contribution in [2.75, 3.05) is 6.61 Å². The maximum absolute atomic E-state index is 9.90. The van der Waals surface area contributed by atoms with E-state index in [0.717, 1.165) is 6.42 Å². The van der Waals surface area contributed by atoms with Crippen LogP contribution in [0.2, 0.25) is 0 Å². The van der Waals surface area contributed by atoms with Gasteiger partial charge in [-0.1, -0.05) is 65.7 Å². The SMILES string of the molecule is CCCCC(N)(CCCC)CCCC.O=C(O)CCCCCO. The standard InChI is InChI=1S/C13H29N.C6H12O3/c1-4-7-10-13(14,11-8-5-2)12-9-6-3;7-5-3-1-2-4-6(8)9/h4-12,14H2,1-3H3;7H,1-5H2,(H,8,9). The minimum absolute atomic E-state index is 0.155. The molecule has 0 unspecified atom stereocenters. The van der Waals surface area contributed by atoms with E-state index >= 15 is 0 Å². The molecule has 0 aromatic rings. The van der Waals surface area contributed by atoms with E-state index in [1.807, 2.05) is 0 Å². The summed E-state index contributed by atoms with van der Waals surface area (Å²) >= 11 is 0. The van der Waals surface area contributed by atoms with E-state index in [1.54, 1.807) is 0 Å². The summed E-state index contributed by atoms with van der Waals surface area (Å²) in [5.41, 5.74) is 6.61. The van der Waals surface area contributed by atoms with Crippen LogP contribution in [-0.2, 0) is 4.79 Å². The molecule has 23 heavy (non-hydrogen) atoms. The fourth-order valence-electron chi connectivity index (χ4n) is 2.53. The van der Waals surface area contributed by atoms with Crippen LogP contribution in [0.3, 0.4) is 0 Å². The number of aliphatic hydroxyl groups excluding tert-OH is 1. The zero-order chi connectivity index (χ0) is 18.0. The first-order valence-corrected chi connectivity index (χ1v) is 9.57. The van der Waals surface area contributed by atoms with Gasteiger partial charge in [0.1, 0.15) is 0 Å². The highest BCUT2D eigenvalue weighted by molar-refractivity contribution is 5.66. The lowest BCUT2D eigenvalue weighted by Crippen LogP contribution is -2.39. The van der Waals surface area contributed by atoms with Crippen LogP contribution >= 0.6 is 0 Å². The van der Waals surface area contributed by atoms with Gasteiger partial charge in [0.2, 0.25) is 0 Å². The Morgan fingerprint density at radius 3 is 1.57 bits per heavy atom. The molecule has 0 saturated carbocycles. The molecule has 0 aromatic heterocycles. The van der Waals surface area contributed by atoms with Crippen molar-refractivity contribution in [3.05, 3.63) is 0 Å². The molecule has 0 aromatic carbocycles. The summed E-state index contributed by atoms with van der Waals surface area (Å²) in [6.07, 6.45) is 13.8. The smallest absolute Gasteiger partial charge is 0.303 e. The first-order chi connectivity index (χ1) is 11.0. The van der Waals surface area contributed by atoms with Crippen LogP contribution in [0.25, 0.3) is 0 Å². The van der Waals surface area contributed by atoms with E-state index in [9.17, 15) is 4.79 Å². The van der Waals surface area contributed by atoms with E-state index in [1.165, 1.54) is 57.8 Å². The first kappa shape index (κ1) is 24.6. The third kappa shape index (κ3) is 19.3. The van der Waals surface area contributed by atoms with Gasteiger partial charge in [-0.2, -0.15) is 0 Å². The summed E-state index contributed by atoms with van der Waals surface area (Å²) in [4.78, 5) is 9.90. The molecule has 4 heteroatoms. The van der Waals surface area contributed by atoms with E-state index < -0.39 is 5.97 Å². The Morgan fingerprint density at radius 2 is 1.26 bits per heavy atom.